The molecule has 9 heteroatoms. The number of hydrogen-bond donors (Lipinski definition) is 2. The molecule has 0 saturated heterocycles. The predicted molar refractivity (Wildman–Crippen MR) is 96.0 cm³/mol. The van der Waals surface area contributed by atoms with Crippen molar-refractivity contribution >= 4 is 17.5 Å². The van der Waals surface area contributed by atoms with E-state index in [-0.39, 0.29) is 11.9 Å². The summed E-state index contributed by atoms with van der Waals surface area (Å²) in [5, 5.41) is 2.82. The van der Waals surface area contributed by atoms with Crippen LogP contribution >= 0.6 is 0 Å². The Kier molecular flexibility index (Phi) is 4.07. The van der Waals surface area contributed by atoms with E-state index < -0.39 is 28.7 Å². The van der Waals surface area contributed by atoms with E-state index in [0.29, 0.717) is 24.3 Å². The third-order valence-electron chi connectivity index (χ3n) is 5.71. The highest BCUT2D eigenvalue weighted by molar-refractivity contribution is 6.02. The second kappa shape index (κ2) is 6.23. The fraction of sp³-hybridized carbons (Fsp3) is 0.368. The number of nitrogens with zero attached hydrogens (tertiary/aromatic N) is 2. The van der Waals surface area contributed by atoms with Crippen LogP contribution in [0.1, 0.15) is 18.4 Å². The fourth-order valence-corrected chi connectivity index (χ4v) is 4.24. The lowest BCUT2D eigenvalue weighted by atomic mass is 9.34. The molecule has 3 saturated carbocycles. The van der Waals surface area contributed by atoms with E-state index in [1.807, 2.05) is 0 Å². The number of methoxy groups -OCH3 is 1. The van der Waals surface area contributed by atoms with Crippen molar-refractivity contribution in [2.24, 2.45) is 17.1 Å². The van der Waals surface area contributed by atoms with E-state index in [4.69, 9.17) is 15.2 Å². The third kappa shape index (κ3) is 2.62. The molecule has 3 N–H and O–H groups in total. The molecule has 1 atom stereocenters. The Balaban J connectivity index is 1.47. The highest BCUT2D eigenvalue weighted by Gasteiger charge is 2.81. The summed E-state index contributed by atoms with van der Waals surface area (Å²) in [6, 6.07) is 5.04. The molecule has 0 aliphatic heterocycles. The number of hydrogen-bond acceptors (Lipinski definition) is 6. The van der Waals surface area contributed by atoms with E-state index in [9.17, 15) is 14.0 Å². The van der Waals surface area contributed by atoms with Gasteiger partial charge in [0.05, 0.1) is 29.3 Å². The van der Waals surface area contributed by atoms with Crippen LogP contribution in [-0.4, -0.2) is 34.5 Å². The number of aryl methyl sites for hydroxylation is 1. The molecule has 1 aromatic carbocycles. The van der Waals surface area contributed by atoms with Crippen LogP contribution in [0.2, 0.25) is 0 Å². The molecular formula is C19H19FN4O4. The summed E-state index contributed by atoms with van der Waals surface area (Å²) < 4.78 is 23.9. The predicted octanol–water partition coefficient (Wildman–Crippen LogP) is 1.94. The molecule has 2 bridgehead atoms. The minimum Gasteiger partial charge on any atom is -0.424 e. The van der Waals surface area contributed by atoms with Gasteiger partial charge in [-0.1, -0.05) is 0 Å². The minimum atomic E-state index is -0.807. The number of carbonyl (C=O) groups excluding carboxylic acids is 2. The van der Waals surface area contributed by atoms with Crippen molar-refractivity contribution < 1.29 is 23.5 Å². The van der Waals surface area contributed by atoms with E-state index >= 15 is 0 Å². The molecule has 0 spiro atoms. The maximum absolute atomic E-state index is 12.9. The molecule has 1 aromatic heterocycles. The number of nitrogens with two attached hydrogens (primary N) is 1. The summed E-state index contributed by atoms with van der Waals surface area (Å²) >= 11 is 0. The van der Waals surface area contributed by atoms with E-state index in [1.54, 1.807) is 25.1 Å². The fourth-order valence-electron chi connectivity index (χ4n) is 4.24. The van der Waals surface area contributed by atoms with Crippen molar-refractivity contribution in [2.75, 3.05) is 12.4 Å². The first-order chi connectivity index (χ1) is 13.3. The lowest BCUT2D eigenvalue weighted by molar-refractivity contribution is -0.301. The Labute approximate surface area is 160 Å². The highest BCUT2D eigenvalue weighted by Crippen LogP contribution is 2.73. The van der Waals surface area contributed by atoms with E-state index in [2.05, 4.69) is 15.3 Å². The molecular weight excluding hydrogens is 367 g/mol. The number of amides is 2. The monoisotopic (exact) mass is 386 g/mol. The maximum Gasteiger partial charge on any atom is 0.322 e. The number of anilines is 1. The molecule has 146 valence electrons. The highest BCUT2D eigenvalue weighted by atomic mass is 19.1. The maximum atomic E-state index is 12.9. The molecule has 28 heavy (non-hydrogen) atoms. The van der Waals surface area contributed by atoms with Gasteiger partial charge in [0.25, 0.3) is 0 Å². The topological polar surface area (TPSA) is 116 Å². The Hall–Kier alpha value is -3.07. The lowest BCUT2D eigenvalue weighted by Gasteiger charge is -2.72. The zero-order chi connectivity index (χ0) is 20.1. The number of rotatable bonds is 6. The normalized spacial score (nSPS) is 27.3. The van der Waals surface area contributed by atoms with Gasteiger partial charge in [-0.05, 0) is 43.5 Å². The number of halogens is 1. The smallest absolute Gasteiger partial charge is 0.322 e. The van der Waals surface area contributed by atoms with Gasteiger partial charge in [0.2, 0.25) is 11.8 Å². The number of primary amides is 1. The van der Waals surface area contributed by atoms with Gasteiger partial charge in [0.1, 0.15) is 5.75 Å². The summed E-state index contributed by atoms with van der Waals surface area (Å²) in [5.41, 5.74) is 5.36. The van der Waals surface area contributed by atoms with Crippen molar-refractivity contribution in [3.63, 3.8) is 0 Å². The van der Waals surface area contributed by atoms with Gasteiger partial charge in [-0.15, -0.1) is 0 Å². The standard InChI is InChI=1S/C19H19FN4O4/c1-10-5-12(3-4-13(10)28-17-22-6-11(20)7-23-17)24-15(25)14-18(16(21)26)8-19(14,9-18)27-2/h3-7,14H,8-9H2,1-2H3,(H2,21,26)(H,24,25). The molecule has 3 aliphatic rings. The van der Waals surface area contributed by atoms with Crippen molar-refractivity contribution in [2.45, 2.75) is 25.4 Å². The first-order valence-electron chi connectivity index (χ1n) is 8.72. The largest absolute Gasteiger partial charge is 0.424 e. The molecule has 1 unspecified atom stereocenters. The van der Waals surface area contributed by atoms with Gasteiger partial charge in [0, 0.05) is 12.8 Å². The quantitative estimate of drug-likeness (QED) is 0.784. The summed E-state index contributed by atoms with van der Waals surface area (Å²) in [6.07, 6.45) is 2.98. The number of nitrogens with one attached hydrogen (secondary N) is 1. The van der Waals surface area contributed by atoms with Crippen LogP contribution < -0.4 is 15.8 Å². The number of aromatic nitrogens is 2. The average molecular weight is 386 g/mol. The average Bonchev–Trinajstić information content (AvgIpc) is 2.57. The van der Waals surface area contributed by atoms with E-state index in [1.165, 1.54) is 7.11 Å². The first kappa shape index (κ1) is 18.3. The van der Waals surface area contributed by atoms with Gasteiger partial charge >= 0.3 is 6.01 Å². The van der Waals surface area contributed by atoms with Gasteiger partial charge in [0.15, 0.2) is 5.82 Å². The van der Waals surface area contributed by atoms with Gasteiger partial charge < -0.3 is 20.5 Å². The van der Waals surface area contributed by atoms with Gasteiger partial charge in [-0.3, -0.25) is 9.59 Å². The number of carbonyl (C=O) groups is 2. The van der Waals surface area contributed by atoms with Gasteiger partial charge in [-0.25, -0.2) is 14.4 Å². The van der Waals surface area contributed by atoms with Crippen LogP contribution in [0.3, 0.4) is 0 Å². The zero-order valence-corrected chi connectivity index (χ0v) is 15.4. The first-order valence-corrected chi connectivity index (χ1v) is 8.72. The van der Waals surface area contributed by atoms with Crippen LogP contribution in [-0.2, 0) is 14.3 Å². The SMILES string of the molecule is COC12CC(C(N)=O)(C1)C2C(=O)Nc1ccc(Oc2ncc(F)cn2)c(C)c1. The molecule has 2 aromatic rings. The number of benzene rings is 1. The Bertz CT molecular complexity index is 957. The Morgan fingerprint density at radius 2 is 1.96 bits per heavy atom. The molecule has 3 aliphatic carbocycles. The van der Waals surface area contributed by atoms with Crippen LogP contribution in [0.4, 0.5) is 10.1 Å². The summed E-state index contributed by atoms with van der Waals surface area (Å²) in [7, 11) is 1.54. The van der Waals surface area contributed by atoms with E-state index in [0.717, 1.165) is 18.0 Å². The second-order valence-corrected chi connectivity index (χ2v) is 7.33. The minimum absolute atomic E-state index is 0.0151. The third-order valence-corrected chi connectivity index (χ3v) is 5.71. The van der Waals surface area contributed by atoms with Crippen LogP contribution in [0.5, 0.6) is 11.8 Å². The molecule has 8 nitrogen and oxygen atoms in total. The lowest BCUT2D eigenvalue weighted by Crippen LogP contribution is -2.82. The Morgan fingerprint density at radius 1 is 1.29 bits per heavy atom. The van der Waals surface area contributed by atoms with Crippen LogP contribution in [0.25, 0.3) is 0 Å². The molecule has 1 heterocycles. The van der Waals surface area contributed by atoms with Crippen molar-refractivity contribution in [3.8, 4) is 11.8 Å². The van der Waals surface area contributed by atoms with Crippen LogP contribution in [0.15, 0.2) is 30.6 Å². The summed E-state index contributed by atoms with van der Waals surface area (Å²) in [5.74, 6) is -1.44. The van der Waals surface area contributed by atoms with Gasteiger partial charge in [-0.2, -0.15) is 0 Å². The second-order valence-electron chi connectivity index (χ2n) is 7.33. The summed E-state index contributed by atoms with van der Waals surface area (Å²) in [6.45, 7) is 1.79. The zero-order valence-electron chi connectivity index (χ0n) is 15.4. The van der Waals surface area contributed by atoms with Crippen molar-refractivity contribution in [3.05, 3.63) is 42.0 Å². The van der Waals surface area contributed by atoms with Crippen molar-refractivity contribution in [1.29, 1.82) is 0 Å². The number of ether oxygens (including phenoxy) is 2. The van der Waals surface area contributed by atoms with Crippen molar-refractivity contribution in [1.82, 2.24) is 9.97 Å². The van der Waals surface area contributed by atoms with Crippen LogP contribution in [0, 0.1) is 24.1 Å². The molecule has 3 fully saturated rings. The molecule has 0 radical (unpaired) electrons. The molecule has 5 rings (SSSR count). The Morgan fingerprint density at radius 3 is 2.54 bits per heavy atom. The molecule has 2 amide bonds. The summed E-state index contributed by atoms with van der Waals surface area (Å²) in [4.78, 5) is 32.0.